The Morgan fingerprint density at radius 2 is 1.89 bits per heavy atom. The first-order chi connectivity index (χ1) is 9.23. The molecule has 1 atom stereocenters. The summed E-state index contributed by atoms with van der Waals surface area (Å²) in [5, 5.41) is 6.14. The first-order valence-corrected chi connectivity index (χ1v) is 6.55. The summed E-state index contributed by atoms with van der Waals surface area (Å²) in [4.78, 5) is 12.6. The molecular formula is C12H23N5O2. The first kappa shape index (κ1) is 15.4. The third-order valence-corrected chi connectivity index (χ3v) is 2.45. The third-order valence-electron chi connectivity index (χ3n) is 2.45. The van der Waals surface area contributed by atoms with Crippen molar-refractivity contribution in [3.8, 4) is 6.01 Å². The molecule has 1 aromatic rings. The smallest absolute Gasteiger partial charge is 0.323 e. The molecule has 0 fully saturated rings. The molecule has 1 heterocycles. The number of ether oxygens (including phenoxy) is 2. The van der Waals surface area contributed by atoms with Crippen LogP contribution in [-0.4, -0.2) is 48.4 Å². The van der Waals surface area contributed by atoms with E-state index in [9.17, 15) is 0 Å². The van der Waals surface area contributed by atoms with Crippen molar-refractivity contribution in [2.24, 2.45) is 0 Å². The highest BCUT2D eigenvalue weighted by molar-refractivity contribution is 5.36. The predicted molar refractivity (Wildman–Crippen MR) is 74.7 cm³/mol. The molecule has 0 radical (unpaired) electrons. The standard InChI is InChI=1S/C12H23N5O2/c1-5-7-9(8-18-4)14-11-15-10(13-3)16-12(17-11)19-6-2/h9H,5-8H2,1-4H3,(H2,13,14,15,16,17). The van der Waals surface area contributed by atoms with Crippen molar-refractivity contribution >= 4 is 11.9 Å². The Morgan fingerprint density at radius 3 is 2.47 bits per heavy atom. The van der Waals surface area contributed by atoms with E-state index in [0.717, 1.165) is 12.8 Å². The molecule has 0 amide bonds. The largest absolute Gasteiger partial charge is 0.464 e. The lowest BCUT2D eigenvalue weighted by molar-refractivity contribution is 0.182. The van der Waals surface area contributed by atoms with Crippen LogP contribution in [0, 0.1) is 0 Å². The molecule has 0 saturated carbocycles. The Labute approximate surface area is 114 Å². The number of methoxy groups -OCH3 is 1. The molecule has 1 aromatic heterocycles. The molecule has 0 aliphatic rings. The average Bonchev–Trinajstić information content (AvgIpc) is 2.39. The topological polar surface area (TPSA) is 81.2 Å². The van der Waals surface area contributed by atoms with Gasteiger partial charge in [-0.2, -0.15) is 15.0 Å². The lowest BCUT2D eigenvalue weighted by Gasteiger charge is -2.17. The van der Waals surface area contributed by atoms with Crippen molar-refractivity contribution in [3.05, 3.63) is 0 Å². The fourth-order valence-electron chi connectivity index (χ4n) is 1.66. The molecule has 108 valence electrons. The molecule has 1 unspecified atom stereocenters. The SMILES string of the molecule is CCCC(COC)Nc1nc(NC)nc(OCC)n1. The van der Waals surface area contributed by atoms with Gasteiger partial charge in [0.1, 0.15) is 0 Å². The quantitative estimate of drug-likeness (QED) is 0.703. The van der Waals surface area contributed by atoms with Gasteiger partial charge in [-0.15, -0.1) is 0 Å². The van der Waals surface area contributed by atoms with Crippen LogP contribution in [0.2, 0.25) is 0 Å². The maximum Gasteiger partial charge on any atom is 0.323 e. The van der Waals surface area contributed by atoms with Gasteiger partial charge < -0.3 is 20.1 Å². The second-order valence-electron chi connectivity index (χ2n) is 4.03. The summed E-state index contributed by atoms with van der Waals surface area (Å²) in [6.07, 6.45) is 2.04. The molecule has 7 heteroatoms. The number of anilines is 2. The first-order valence-electron chi connectivity index (χ1n) is 6.55. The van der Waals surface area contributed by atoms with Crippen molar-refractivity contribution in [1.29, 1.82) is 0 Å². The maximum absolute atomic E-state index is 5.32. The van der Waals surface area contributed by atoms with E-state index in [4.69, 9.17) is 9.47 Å². The number of rotatable bonds is 9. The molecular weight excluding hydrogens is 246 g/mol. The van der Waals surface area contributed by atoms with Crippen LogP contribution >= 0.6 is 0 Å². The molecule has 0 aliphatic heterocycles. The van der Waals surface area contributed by atoms with Gasteiger partial charge in [0.05, 0.1) is 19.3 Å². The summed E-state index contributed by atoms with van der Waals surface area (Å²) < 4.78 is 10.5. The highest BCUT2D eigenvalue weighted by atomic mass is 16.5. The van der Waals surface area contributed by atoms with Gasteiger partial charge in [0.15, 0.2) is 0 Å². The summed E-state index contributed by atoms with van der Waals surface area (Å²) in [7, 11) is 3.44. The lowest BCUT2D eigenvalue weighted by atomic mass is 10.2. The Kier molecular flexibility index (Phi) is 6.88. The second-order valence-corrected chi connectivity index (χ2v) is 4.03. The molecule has 1 rings (SSSR count). The summed E-state index contributed by atoms with van der Waals surface area (Å²) >= 11 is 0. The van der Waals surface area contributed by atoms with Crippen LogP contribution in [0.4, 0.5) is 11.9 Å². The van der Waals surface area contributed by atoms with Crippen LogP contribution in [0.3, 0.4) is 0 Å². The maximum atomic E-state index is 5.32. The molecule has 0 aromatic carbocycles. The van der Waals surface area contributed by atoms with Crippen LogP contribution in [-0.2, 0) is 4.74 Å². The molecule has 0 spiro atoms. The minimum absolute atomic E-state index is 0.177. The van der Waals surface area contributed by atoms with Gasteiger partial charge in [-0.1, -0.05) is 13.3 Å². The van der Waals surface area contributed by atoms with E-state index < -0.39 is 0 Å². The van der Waals surface area contributed by atoms with Crippen LogP contribution in [0.5, 0.6) is 6.01 Å². The monoisotopic (exact) mass is 269 g/mol. The Bertz CT molecular complexity index is 369. The molecule has 7 nitrogen and oxygen atoms in total. The Balaban J connectivity index is 2.81. The van der Waals surface area contributed by atoms with Gasteiger partial charge in [-0.05, 0) is 13.3 Å². The van der Waals surface area contributed by atoms with Crippen LogP contribution in [0.15, 0.2) is 0 Å². The zero-order chi connectivity index (χ0) is 14.1. The van der Waals surface area contributed by atoms with Crippen molar-refractivity contribution in [1.82, 2.24) is 15.0 Å². The van der Waals surface area contributed by atoms with Crippen molar-refractivity contribution in [3.63, 3.8) is 0 Å². The van der Waals surface area contributed by atoms with E-state index in [1.54, 1.807) is 14.2 Å². The normalized spacial score (nSPS) is 12.0. The van der Waals surface area contributed by atoms with Crippen LogP contribution in [0.25, 0.3) is 0 Å². The highest BCUT2D eigenvalue weighted by Crippen LogP contribution is 2.13. The fourth-order valence-corrected chi connectivity index (χ4v) is 1.66. The molecule has 0 saturated heterocycles. The molecule has 0 bridgehead atoms. The van der Waals surface area contributed by atoms with Crippen molar-refractivity contribution < 1.29 is 9.47 Å². The lowest BCUT2D eigenvalue weighted by Crippen LogP contribution is -2.26. The second kappa shape index (κ2) is 8.47. The number of hydrogen-bond acceptors (Lipinski definition) is 7. The van der Waals surface area contributed by atoms with E-state index in [2.05, 4.69) is 32.5 Å². The molecule has 19 heavy (non-hydrogen) atoms. The minimum atomic E-state index is 0.177. The molecule has 2 N–H and O–H groups in total. The molecule has 0 aliphatic carbocycles. The van der Waals surface area contributed by atoms with E-state index in [-0.39, 0.29) is 6.04 Å². The van der Waals surface area contributed by atoms with Gasteiger partial charge in [0, 0.05) is 14.2 Å². The Morgan fingerprint density at radius 1 is 1.16 bits per heavy atom. The van der Waals surface area contributed by atoms with E-state index >= 15 is 0 Å². The number of nitrogens with zero attached hydrogens (tertiary/aromatic N) is 3. The van der Waals surface area contributed by atoms with Crippen molar-refractivity contribution in [2.75, 3.05) is 38.0 Å². The average molecular weight is 269 g/mol. The van der Waals surface area contributed by atoms with Gasteiger partial charge in [-0.3, -0.25) is 0 Å². The van der Waals surface area contributed by atoms with Crippen LogP contribution < -0.4 is 15.4 Å². The summed E-state index contributed by atoms with van der Waals surface area (Å²) in [6.45, 7) is 5.14. The van der Waals surface area contributed by atoms with E-state index in [0.29, 0.717) is 31.1 Å². The number of nitrogens with one attached hydrogen (secondary N) is 2. The number of hydrogen-bond donors (Lipinski definition) is 2. The highest BCUT2D eigenvalue weighted by Gasteiger charge is 2.12. The summed E-state index contributed by atoms with van der Waals surface area (Å²) in [6, 6.07) is 0.494. The van der Waals surface area contributed by atoms with Crippen molar-refractivity contribution in [2.45, 2.75) is 32.7 Å². The fraction of sp³-hybridized carbons (Fsp3) is 0.750. The van der Waals surface area contributed by atoms with E-state index in [1.807, 2.05) is 6.92 Å². The summed E-state index contributed by atoms with van der Waals surface area (Å²) in [5.41, 5.74) is 0. The zero-order valence-corrected chi connectivity index (χ0v) is 12.1. The third kappa shape index (κ3) is 5.25. The van der Waals surface area contributed by atoms with Gasteiger partial charge >= 0.3 is 6.01 Å². The van der Waals surface area contributed by atoms with Crippen LogP contribution in [0.1, 0.15) is 26.7 Å². The summed E-state index contributed by atoms with van der Waals surface area (Å²) in [5.74, 6) is 0.979. The van der Waals surface area contributed by atoms with Gasteiger partial charge in [0.25, 0.3) is 0 Å². The zero-order valence-electron chi connectivity index (χ0n) is 12.1. The predicted octanol–water partition coefficient (Wildman–Crippen LogP) is 1.54. The minimum Gasteiger partial charge on any atom is -0.464 e. The number of aromatic nitrogens is 3. The van der Waals surface area contributed by atoms with Gasteiger partial charge in [-0.25, -0.2) is 0 Å². The van der Waals surface area contributed by atoms with Gasteiger partial charge in [0.2, 0.25) is 11.9 Å². The van der Waals surface area contributed by atoms with E-state index in [1.165, 1.54) is 0 Å². The Hall–Kier alpha value is -1.63.